The van der Waals surface area contributed by atoms with Crippen LogP contribution in [0.3, 0.4) is 0 Å². The molecular weight excluding hydrogens is 833 g/mol. The lowest BCUT2D eigenvalue weighted by Crippen LogP contribution is -2.56. The van der Waals surface area contributed by atoms with Crippen LogP contribution in [0.2, 0.25) is 12.1 Å². The zero-order chi connectivity index (χ0) is 39.3. The fourth-order valence-electron chi connectivity index (χ4n) is 9.30. The second-order valence-corrected chi connectivity index (χ2v) is 24.8. The van der Waals surface area contributed by atoms with Gasteiger partial charge in [0.25, 0.3) is 0 Å². The van der Waals surface area contributed by atoms with Crippen LogP contribution >= 0.6 is 68.8 Å². The molecule has 1 aliphatic heterocycles. The highest BCUT2D eigenvalue weighted by atomic mass is 32.1. The van der Waals surface area contributed by atoms with E-state index in [9.17, 15) is 0 Å². The second kappa shape index (κ2) is 16.4. The Hall–Kier alpha value is -3.30. The fraction of sp³-hybridized carbons (Fsp3) is 0.364. The zero-order valence-corrected chi connectivity index (χ0v) is 38.8. The van der Waals surface area contributed by atoms with Crippen molar-refractivity contribution in [1.29, 1.82) is 0 Å². The average Bonchev–Trinajstić information content (AvgIpc) is 4.07. The predicted molar refractivity (Wildman–Crippen MR) is 257 cm³/mol. The van der Waals surface area contributed by atoms with Crippen LogP contribution in [-0.2, 0) is 0 Å². The van der Waals surface area contributed by atoms with Crippen LogP contribution in [0.25, 0.3) is 73.6 Å². The summed E-state index contributed by atoms with van der Waals surface area (Å²) in [6.07, 6.45) is 10.1. The van der Waals surface area contributed by atoms with Crippen molar-refractivity contribution in [3.63, 3.8) is 0 Å². The van der Waals surface area contributed by atoms with Crippen LogP contribution in [0.4, 0.5) is 11.4 Å². The van der Waals surface area contributed by atoms with E-state index in [1.807, 2.05) is 22.7 Å². The summed E-state index contributed by atoms with van der Waals surface area (Å²) in [7, 11) is -2.31. The minimum Gasteiger partial charge on any atom is -0.398 e. The smallest absolute Gasteiger partial charge is 0.122 e. The van der Waals surface area contributed by atoms with E-state index in [1.54, 1.807) is 33.0 Å². The second-order valence-electron chi connectivity index (χ2n) is 15.7. The number of fused-ring (bicyclic) bond motifs is 5. The molecule has 13 heteroatoms. The summed E-state index contributed by atoms with van der Waals surface area (Å²) in [5, 5.41) is 7.49. The molecule has 0 amide bonds. The number of rotatable bonds is 16. The van der Waals surface area contributed by atoms with Crippen LogP contribution < -0.4 is 21.8 Å². The van der Waals surface area contributed by atoms with Crippen LogP contribution in [0.5, 0.6) is 0 Å². The quantitative estimate of drug-likeness (QED) is 0.0740. The largest absolute Gasteiger partial charge is 0.398 e. The third-order valence-electron chi connectivity index (χ3n) is 12.3. The number of anilines is 2. The zero-order valence-electron chi connectivity index (χ0n) is 32.9. The number of unbranched alkanes of at least 4 members (excludes halogenated alkanes) is 2. The number of thiophene rings is 4. The molecule has 0 fully saturated rings. The molecule has 9 rings (SSSR count). The van der Waals surface area contributed by atoms with Gasteiger partial charge in [0.05, 0.1) is 23.5 Å². The minimum absolute atomic E-state index is 0.691. The Morgan fingerprint density at radius 1 is 0.579 bits per heavy atom. The molecular formula is C44H48N6S6Si. The van der Waals surface area contributed by atoms with Crippen molar-refractivity contribution in [3.05, 3.63) is 59.3 Å². The molecule has 4 N–H and O–H groups in total. The van der Waals surface area contributed by atoms with Gasteiger partial charge in [-0.2, -0.15) is 17.5 Å². The van der Waals surface area contributed by atoms with Gasteiger partial charge in [-0.05, 0) is 81.5 Å². The van der Waals surface area contributed by atoms with E-state index in [1.165, 1.54) is 106 Å². The standard InChI is InChI=1S/C44H48N6S6Si/c1-5-9-13-25(7-3)23-57(24-26(8-4)14-10-6-2)35-21-33(27-19-29(45)37(31-15-11-17-51-31)41-39(27)47-55-49-41)53-43(35)44-36(57)22-34(54-44)28-20-30(46)38(32-16-12-18-52-32)42-40(28)48-56-50-42/h11-12,15-22,25-26H,5-10,13-14,23-24,45-46H2,1-4H3. The van der Waals surface area contributed by atoms with E-state index in [-0.39, 0.29) is 0 Å². The highest BCUT2D eigenvalue weighted by Crippen LogP contribution is 2.51. The molecule has 57 heavy (non-hydrogen) atoms. The van der Waals surface area contributed by atoms with Crippen molar-refractivity contribution in [3.8, 4) is 51.5 Å². The normalized spacial score (nSPS) is 14.5. The molecule has 8 aromatic rings. The van der Waals surface area contributed by atoms with E-state index in [4.69, 9.17) is 29.0 Å². The Kier molecular flexibility index (Phi) is 11.3. The number of hydrogen-bond acceptors (Lipinski definition) is 12. The van der Waals surface area contributed by atoms with Crippen LogP contribution in [0.15, 0.2) is 59.3 Å². The molecule has 2 aromatic carbocycles. The Morgan fingerprint density at radius 3 is 1.40 bits per heavy atom. The Morgan fingerprint density at radius 2 is 1.02 bits per heavy atom. The summed E-state index contributed by atoms with van der Waals surface area (Å²) in [6.45, 7) is 9.54. The Bertz CT molecular complexity index is 2470. The first-order chi connectivity index (χ1) is 27.9. The summed E-state index contributed by atoms with van der Waals surface area (Å²) in [6, 6.07) is 20.6. The Labute approximate surface area is 360 Å². The van der Waals surface area contributed by atoms with Crippen molar-refractivity contribution in [2.75, 3.05) is 11.5 Å². The number of nitrogens with zero attached hydrogens (tertiary/aromatic N) is 4. The number of aromatic nitrogens is 4. The summed E-state index contributed by atoms with van der Waals surface area (Å²) >= 11 is 9.88. The molecule has 6 nitrogen and oxygen atoms in total. The first-order valence-electron chi connectivity index (χ1n) is 20.4. The van der Waals surface area contributed by atoms with E-state index in [0.29, 0.717) is 11.8 Å². The van der Waals surface area contributed by atoms with Crippen molar-refractivity contribution < 1.29 is 0 Å². The molecule has 0 saturated heterocycles. The molecule has 0 bridgehead atoms. The lowest BCUT2D eigenvalue weighted by Gasteiger charge is -2.35. The van der Waals surface area contributed by atoms with Gasteiger partial charge in [-0.3, -0.25) is 0 Å². The van der Waals surface area contributed by atoms with Gasteiger partial charge in [0.1, 0.15) is 30.1 Å². The molecule has 2 unspecified atom stereocenters. The topological polar surface area (TPSA) is 104 Å². The predicted octanol–water partition coefficient (Wildman–Crippen LogP) is 13.8. The maximum atomic E-state index is 6.95. The molecule has 1 aliphatic rings. The van der Waals surface area contributed by atoms with Gasteiger partial charge in [-0.15, -0.1) is 45.3 Å². The van der Waals surface area contributed by atoms with E-state index in [2.05, 4.69) is 87.0 Å². The maximum absolute atomic E-state index is 6.95. The summed E-state index contributed by atoms with van der Waals surface area (Å²) in [5.41, 5.74) is 23.4. The van der Waals surface area contributed by atoms with Crippen LogP contribution in [0.1, 0.15) is 79.1 Å². The fourth-order valence-corrected chi connectivity index (χ4v) is 22.5. The van der Waals surface area contributed by atoms with Crippen LogP contribution in [0, 0.1) is 11.8 Å². The van der Waals surface area contributed by atoms with Crippen molar-refractivity contribution in [2.24, 2.45) is 11.8 Å². The van der Waals surface area contributed by atoms with E-state index >= 15 is 0 Å². The molecule has 0 aliphatic carbocycles. The number of nitrogen functional groups attached to an aromatic ring is 2. The maximum Gasteiger partial charge on any atom is 0.122 e. The minimum atomic E-state index is -2.31. The van der Waals surface area contributed by atoms with Gasteiger partial charge in [0.2, 0.25) is 0 Å². The monoisotopic (exact) mass is 880 g/mol. The first kappa shape index (κ1) is 39.2. The van der Waals surface area contributed by atoms with Gasteiger partial charge >= 0.3 is 0 Å². The number of nitrogens with two attached hydrogens (primary N) is 2. The van der Waals surface area contributed by atoms with Crippen LogP contribution in [-0.4, -0.2) is 25.6 Å². The molecule has 6 aromatic heterocycles. The third kappa shape index (κ3) is 6.84. The number of hydrogen-bond donors (Lipinski definition) is 2. The molecule has 7 heterocycles. The Balaban J connectivity index is 1.26. The van der Waals surface area contributed by atoms with Gasteiger partial charge in [-0.25, -0.2) is 0 Å². The molecule has 294 valence electrons. The highest BCUT2D eigenvalue weighted by molar-refractivity contribution is 7.31. The van der Waals surface area contributed by atoms with Gasteiger partial charge < -0.3 is 11.5 Å². The summed E-state index contributed by atoms with van der Waals surface area (Å²) in [5.74, 6) is 1.38. The molecule has 0 saturated carbocycles. The molecule has 0 radical (unpaired) electrons. The lowest BCUT2D eigenvalue weighted by atomic mass is 10.0. The third-order valence-corrected chi connectivity index (χ3v) is 23.4. The first-order valence-corrected chi connectivity index (χ1v) is 27.6. The summed E-state index contributed by atoms with van der Waals surface area (Å²) < 4.78 is 19.6. The lowest BCUT2D eigenvalue weighted by molar-refractivity contribution is 0.469. The summed E-state index contributed by atoms with van der Waals surface area (Å²) in [4.78, 5) is 7.73. The van der Waals surface area contributed by atoms with E-state index in [0.717, 1.165) is 65.4 Å². The van der Waals surface area contributed by atoms with Gasteiger partial charge in [0, 0.05) is 62.9 Å². The van der Waals surface area contributed by atoms with Crippen molar-refractivity contribution >= 4 is 121 Å². The van der Waals surface area contributed by atoms with Crippen molar-refractivity contribution in [2.45, 2.75) is 91.1 Å². The molecule has 0 spiro atoms. The molecule has 2 atom stereocenters. The SMILES string of the molecule is CCCCC(CC)C[Si]1(CC(CC)CCCC)c2cc(-c3cc(N)c(-c4cccs4)c4nsnc34)sc2-c2sc(-c3cc(N)c(-c4cccs4)c4nsnc34)cc21. The average molecular weight is 881 g/mol. The number of benzene rings is 2. The highest BCUT2D eigenvalue weighted by Gasteiger charge is 2.50. The van der Waals surface area contributed by atoms with Crippen molar-refractivity contribution in [1.82, 2.24) is 17.5 Å². The van der Waals surface area contributed by atoms with E-state index < -0.39 is 8.07 Å². The van der Waals surface area contributed by atoms with Gasteiger partial charge in [0.15, 0.2) is 0 Å². The van der Waals surface area contributed by atoms with Gasteiger partial charge in [-0.1, -0.05) is 91.2 Å².